The third-order valence-corrected chi connectivity index (χ3v) is 11.5. The van der Waals surface area contributed by atoms with Gasteiger partial charge in [0.1, 0.15) is 42.4 Å². The van der Waals surface area contributed by atoms with E-state index >= 15 is 0 Å². The number of carbonyl (C=O) groups is 5. The van der Waals surface area contributed by atoms with Gasteiger partial charge < -0.3 is 29.2 Å². The van der Waals surface area contributed by atoms with Crippen molar-refractivity contribution >= 4 is 35.9 Å². The highest BCUT2D eigenvalue weighted by Crippen LogP contribution is 2.40. The Bertz CT molecular complexity index is 2790. The van der Waals surface area contributed by atoms with Gasteiger partial charge in [0.25, 0.3) is 5.91 Å². The molecule has 6 atom stereocenters. The summed E-state index contributed by atoms with van der Waals surface area (Å²) in [5.74, 6) is -3.34. The number of cyclic esters (lactones) is 3. The summed E-state index contributed by atoms with van der Waals surface area (Å²) >= 11 is 0. The summed E-state index contributed by atoms with van der Waals surface area (Å²) in [6.07, 6.45) is -19.4. The molecular weight excluding hydrogens is 1010 g/mol. The fourth-order valence-corrected chi connectivity index (χ4v) is 8.04. The smallest absolute Gasteiger partial charge is 0.417 e. The van der Waals surface area contributed by atoms with Crippen molar-refractivity contribution < 1.29 is 95.6 Å². The number of rotatable bonds is 7. The van der Waals surface area contributed by atoms with Crippen LogP contribution >= 0.6 is 0 Å². The Balaban J connectivity index is 0.000000189. The molecule has 392 valence electrons. The number of alkyl halides is 9. The molecular formula is C47H41F12N5O9. The zero-order valence-corrected chi connectivity index (χ0v) is 38.4. The van der Waals surface area contributed by atoms with Crippen molar-refractivity contribution in [3.05, 3.63) is 136 Å². The predicted molar refractivity (Wildman–Crippen MR) is 229 cm³/mol. The van der Waals surface area contributed by atoms with Crippen LogP contribution in [0.5, 0.6) is 5.75 Å². The van der Waals surface area contributed by atoms with Crippen LogP contribution in [0.1, 0.15) is 84.6 Å². The van der Waals surface area contributed by atoms with Crippen LogP contribution in [0.2, 0.25) is 0 Å². The van der Waals surface area contributed by atoms with E-state index in [9.17, 15) is 76.7 Å². The average molecular weight is 1050 g/mol. The number of anilines is 1. The van der Waals surface area contributed by atoms with Crippen LogP contribution < -0.4 is 15.0 Å². The van der Waals surface area contributed by atoms with Crippen molar-refractivity contribution in [3.8, 4) is 5.75 Å². The third kappa shape index (κ3) is 12.7. The van der Waals surface area contributed by atoms with Crippen molar-refractivity contribution in [2.45, 2.75) is 89.1 Å². The first-order chi connectivity index (χ1) is 34.0. The molecule has 14 nitrogen and oxygen atoms in total. The maximum atomic E-state index is 13.8. The Morgan fingerprint density at radius 2 is 1.14 bits per heavy atom. The molecule has 0 radical (unpaired) electrons. The largest absolute Gasteiger partial charge is 0.488 e. The van der Waals surface area contributed by atoms with Crippen molar-refractivity contribution in [2.24, 2.45) is 0 Å². The molecule has 4 aliphatic heterocycles. The number of halogens is 12. The van der Waals surface area contributed by atoms with E-state index in [-0.39, 0.29) is 29.7 Å². The first-order valence-corrected chi connectivity index (χ1v) is 21.6. The van der Waals surface area contributed by atoms with Crippen LogP contribution in [-0.4, -0.2) is 82.7 Å². The molecule has 0 bridgehead atoms. The summed E-state index contributed by atoms with van der Waals surface area (Å²) in [5.41, 5.74) is -3.07. The number of aromatic nitrogens is 1. The number of nitrogens with one attached hydrogen (secondary N) is 1. The van der Waals surface area contributed by atoms with E-state index in [1.54, 1.807) is 13.0 Å². The van der Waals surface area contributed by atoms with Gasteiger partial charge >= 0.3 is 36.8 Å². The van der Waals surface area contributed by atoms with Gasteiger partial charge in [-0.25, -0.2) is 42.3 Å². The number of alkyl carbamates (subject to hydrolysis) is 1. The molecule has 3 saturated heterocycles. The first-order valence-electron chi connectivity index (χ1n) is 21.6. The lowest BCUT2D eigenvalue weighted by molar-refractivity contribution is -0.138. The van der Waals surface area contributed by atoms with E-state index in [1.807, 2.05) is 17.9 Å². The summed E-state index contributed by atoms with van der Waals surface area (Å²) in [4.78, 5) is 67.3. The monoisotopic (exact) mass is 1050 g/mol. The van der Waals surface area contributed by atoms with E-state index in [4.69, 9.17) is 18.9 Å². The number of carbonyl (C=O) groups excluding carboxylic acids is 5. The molecule has 26 heteroatoms. The van der Waals surface area contributed by atoms with Gasteiger partial charge in [-0.1, -0.05) is 6.58 Å². The molecule has 1 N–H and O–H groups in total. The highest BCUT2D eigenvalue weighted by Gasteiger charge is 2.46. The SMILES string of the molecule is C=CC(=O)N1C(=O)O[C@H](c2cc(F)cc(C(F)(F)F)c2)[C@@H]1C.C[C@@H]1NC(=O)O[C@@H]1c1cc(F)cc(C(F)(F)F)c1.Cc1ccc2c(n1)N(CCC(=O)N1C(=O)O[C@H](c3cc(F)cc(C(F)(F)F)c3)[C@@H]1C)CCO2. The molecule has 0 saturated carbocycles. The van der Waals surface area contributed by atoms with Crippen LogP contribution in [0.15, 0.2) is 79.4 Å². The van der Waals surface area contributed by atoms with Crippen LogP contribution in [0.4, 0.5) is 72.9 Å². The Labute approximate surface area is 406 Å². The molecule has 4 aliphatic rings. The fourth-order valence-electron chi connectivity index (χ4n) is 8.04. The second kappa shape index (κ2) is 21.3. The first kappa shape index (κ1) is 54.8. The standard InChI is InChI=1S/C22H21F4N3O4.C14H11F4NO3.C11H9F4NO2/c1-12-3-4-17-20(27-12)28(7-8-32-17)6-5-18(30)29-13(2)19(33-21(29)31)14-9-15(22(24,25)26)11-16(23)10-14;1-3-11(20)19-7(2)12(22-13(19)21)8-4-9(14(16,17)18)6-10(15)5-8;1-5-9(18-10(17)16-5)6-2-7(11(13,14)15)4-8(12)3-6/h3-4,9-11,13,19H,5-8H2,1-2H3;3-7,12H,1H2,2H3;2-5,9H,1H3,(H,16,17)/t13-,19-;7-,12-;5-,9-/m000/s1. The molecule has 0 spiro atoms. The molecule has 3 aromatic carbocycles. The molecule has 3 fully saturated rings. The number of ether oxygens (including phenoxy) is 4. The van der Waals surface area contributed by atoms with Gasteiger partial charge in [0.2, 0.25) is 5.91 Å². The Morgan fingerprint density at radius 3 is 1.58 bits per heavy atom. The summed E-state index contributed by atoms with van der Waals surface area (Å²) in [5, 5.41) is 2.38. The van der Waals surface area contributed by atoms with Gasteiger partial charge in [0.05, 0.1) is 41.4 Å². The lowest BCUT2D eigenvalue weighted by Gasteiger charge is -2.30. The number of amides is 5. The molecule has 5 amide bonds. The highest BCUT2D eigenvalue weighted by molar-refractivity contribution is 5.99. The molecule has 0 aliphatic carbocycles. The van der Waals surface area contributed by atoms with Gasteiger partial charge in [0, 0.05) is 18.7 Å². The molecule has 73 heavy (non-hydrogen) atoms. The predicted octanol–water partition coefficient (Wildman–Crippen LogP) is 10.7. The number of nitrogens with zero attached hydrogens (tertiary/aromatic N) is 4. The zero-order valence-electron chi connectivity index (χ0n) is 38.4. The molecule has 0 unspecified atom stereocenters. The van der Waals surface area contributed by atoms with E-state index < -0.39 is 119 Å². The minimum absolute atomic E-state index is 0.0202. The number of benzene rings is 3. The molecule has 5 heterocycles. The number of imide groups is 2. The minimum atomic E-state index is -4.76. The Hall–Kier alpha value is -7.54. The maximum Gasteiger partial charge on any atom is 0.417 e. The van der Waals surface area contributed by atoms with Crippen LogP contribution in [0, 0.1) is 24.4 Å². The summed E-state index contributed by atoms with van der Waals surface area (Å²) in [6.45, 7) is 10.7. The quantitative estimate of drug-likeness (QED) is 0.107. The maximum absolute atomic E-state index is 13.8. The molecule has 4 aromatic rings. The molecule has 1 aromatic heterocycles. The lowest BCUT2D eigenvalue weighted by Crippen LogP contribution is -2.41. The van der Waals surface area contributed by atoms with Crippen molar-refractivity contribution in [1.82, 2.24) is 20.1 Å². The van der Waals surface area contributed by atoms with Crippen molar-refractivity contribution in [1.29, 1.82) is 0 Å². The number of fused-ring (bicyclic) bond motifs is 1. The zero-order chi connectivity index (χ0) is 54.1. The van der Waals surface area contributed by atoms with Crippen LogP contribution in [-0.2, 0) is 42.3 Å². The summed E-state index contributed by atoms with van der Waals surface area (Å²) in [7, 11) is 0. The van der Waals surface area contributed by atoms with E-state index in [0.29, 0.717) is 49.0 Å². The van der Waals surface area contributed by atoms with Gasteiger partial charge in [-0.2, -0.15) is 39.5 Å². The van der Waals surface area contributed by atoms with Gasteiger partial charge in [0.15, 0.2) is 11.6 Å². The van der Waals surface area contributed by atoms with E-state index in [1.165, 1.54) is 13.8 Å². The number of hydrogen-bond acceptors (Lipinski definition) is 11. The lowest BCUT2D eigenvalue weighted by atomic mass is 10.0. The number of hydrogen-bond donors (Lipinski definition) is 1. The summed E-state index contributed by atoms with van der Waals surface area (Å²) < 4.78 is 176. The highest BCUT2D eigenvalue weighted by atomic mass is 19.4. The molecule has 8 rings (SSSR count). The Kier molecular flexibility index (Phi) is 16.0. The fraction of sp³-hybridized carbons (Fsp3) is 0.362. The summed E-state index contributed by atoms with van der Waals surface area (Å²) in [6, 6.07) is 7.25. The van der Waals surface area contributed by atoms with Gasteiger partial charge in [-0.3, -0.25) is 9.59 Å². The average Bonchev–Trinajstić information content (AvgIpc) is 3.92. The number of pyridine rings is 1. The second-order valence-electron chi connectivity index (χ2n) is 16.7. The van der Waals surface area contributed by atoms with Gasteiger partial charge in [-0.15, -0.1) is 0 Å². The van der Waals surface area contributed by atoms with Gasteiger partial charge in [-0.05, 0) is 117 Å². The van der Waals surface area contributed by atoms with Crippen LogP contribution in [0.3, 0.4) is 0 Å². The second-order valence-corrected chi connectivity index (χ2v) is 16.7. The van der Waals surface area contributed by atoms with E-state index in [2.05, 4.69) is 16.9 Å². The van der Waals surface area contributed by atoms with Crippen molar-refractivity contribution in [2.75, 3.05) is 24.6 Å². The third-order valence-electron chi connectivity index (χ3n) is 11.5. The normalized spacial score (nSPS) is 21.6. The van der Waals surface area contributed by atoms with Crippen LogP contribution in [0.25, 0.3) is 0 Å². The topological polar surface area (TPSA) is 157 Å². The number of aryl methyl sites for hydroxylation is 1. The van der Waals surface area contributed by atoms with E-state index in [0.717, 1.165) is 51.9 Å². The van der Waals surface area contributed by atoms with Crippen molar-refractivity contribution in [3.63, 3.8) is 0 Å². The Morgan fingerprint density at radius 1 is 0.685 bits per heavy atom. The minimum Gasteiger partial charge on any atom is -0.488 e.